The van der Waals surface area contributed by atoms with Crippen LogP contribution in [0.4, 0.5) is 0 Å². The smallest absolute Gasteiger partial charge is 0.179 e. The van der Waals surface area contributed by atoms with Crippen LogP contribution in [0.1, 0.15) is 34.6 Å². The summed E-state index contributed by atoms with van der Waals surface area (Å²) < 4.78 is 4.94. The first kappa shape index (κ1) is 14.0. The highest BCUT2D eigenvalue weighted by molar-refractivity contribution is 5.89. The molecule has 0 radical (unpaired) electrons. The average Bonchev–Trinajstić information content (AvgIpc) is 2.10. The van der Waals surface area contributed by atoms with E-state index in [1.807, 2.05) is 34.6 Å². The Kier molecular flexibility index (Phi) is 4.85. The molecule has 0 aromatic carbocycles. The maximum absolute atomic E-state index is 12.1. The molecule has 88 valence electrons. The molecule has 3 heteroatoms. The van der Waals surface area contributed by atoms with Crippen molar-refractivity contribution in [3.63, 3.8) is 0 Å². The Bertz CT molecular complexity index is 238. The van der Waals surface area contributed by atoms with Crippen molar-refractivity contribution in [1.29, 1.82) is 0 Å². The van der Waals surface area contributed by atoms with Crippen molar-refractivity contribution < 1.29 is 9.53 Å². The molecule has 15 heavy (non-hydrogen) atoms. The number of ketones is 1. The van der Waals surface area contributed by atoms with Crippen molar-refractivity contribution in [2.75, 3.05) is 7.11 Å². The minimum Gasteiger partial charge on any atom is -0.483 e. The summed E-state index contributed by atoms with van der Waals surface area (Å²) in [4.78, 5) is 12.1. The number of ether oxygens (including phenoxy) is 1. The predicted molar refractivity (Wildman–Crippen MR) is 62.4 cm³/mol. The van der Waals surface area contributed by atoms with Crippen LogP contribution in [-0.2, 0) is 9.53 Å². The van der Waals surface area contributed by atoms with Gasteiger partial charge in [0.1, 0.15) is 0 Å². The van der Waals surface area contributed by atoms with Gasteiger partial charge in [-0.2, -0.15) is 0 Å². The Morgan fingerprint density at radius 2 is 1.80 bits per heavy atom. The monoisotopic (exact) mass is 213 g/mol. The number of rotatable bonds is 5. The van der Waals surface area contributed by atoms with Crippen LogP contribution in [0, 0.1) is 11.3 Å². The van der Waals surface area contributed by atoms with Crippen molar-refractivity contribution >= 4 is 5.78 Å². The second kappa shape index (κ2) is 5.19. The number of carbonyl (C=O) groups excluding carboxylic acids is 1. The zero-order valence-corrected chi connectivity index (χ0v) is 10.7. The summed E-state index contributed by atoms with van der Waals surface area (Å²) in [6.07, 6.45) is 0. The van der Waals surface area contributed by atoms with E-state index < -0.39 is 0 Å². The summed E-state index contributed by atoms with van der Waals surface area (Å²) >= 11 is 0. The van der Waals surface area contributed by atoms with Crippen LogP contribution in [0.15, 0.2) is 12.5 Å². The largest absolute Gasteiger partial charge is 0.483 e. The van der Waals surface area contributed by atoms with Gasteiger partial charge in [-0.3, -0.25) is 4.79 Å². The number of nitrogens with one attached hydrogen (secondary N) is 1. The molecule has 0 aliphatic carbocycles. The van der Waals surface area contributed by atoms with Gasteiger partial charge in [-0.1, -0.05) is 34.6 Å². The highest BCUT2D eigenvalue weighted by Gasteiger charge is 2.31. The molecule has 0 bridgehead atoms. The van der Waals surface area contributed by atoms with Gasteiger partial charge in [0.2, 0.25) is 0 Å². The van der Waals surface area contributed by atoms with Crippen molar-refractivity contribution in [3.8, 4) is 0 Å². The van der Waals surface area contributed by atoms with E-state index in [1.165, 1.54) is 7.11 Å². The van der Waals surface area contributed by atoms with E-state index in [9.17, 15) is 4.79 Å². The number of hydrogen-bond donors (Lipinski definition) is 1. The first-order valence-corrected chi connectivity index (χ1v) is 5.24. The van der Waals surface area contributed by atoms with Gasteiger partial charge in [0.15, 0.2) is 11.7 Å². The van der Waals surface area contributed by atoms with E-state index in [2.05, 4.69) is 11.9 Å². The van der Waals surface area contributed by atoms with Crippen LogP contribution in [0.25, 0.3) is 0 Å². The summed E-state index contributed by atoms with van der Waals surface area (Å²) in [6.45, 7) is 13.4. The Morgan fingerprint density at radius 1 is 1.33 bits per heavy atom. The molecule has 0 aromatic rings. The normalized spacial score (nSPS) is 13.5. The van der Waals surface area contributed by atoms with E-state index in [0.29, 0.717) is 5.88 Å². The van der Waals surface area contributed by atoms with Gasteiger partial charge in [0, 0.05) is 5.41 Å². The molecular weight excluding hydrogens is 190 g/mol. The van der Waals surface area contributed by atoms with Crippen LogP contribution >= 0.6 is 0 Å². The standard InChI is InChI=1S/C12H23NO2/c1-8(2)10(13-9(3)15-7)11(14)12(4,5)6/h8,10,13H,3H2,1-2,4-7H3. The molecule has 0 aromatic heterocycles. The molecule has 1 N–H and O–H groups in total. The fourth-order valence-corrected chi connectivity index (χ4v) is 1.23. The second-order valence-corrected chi connectivity index (χ2v) is 5.11. The summed E-state index contributed by atoms with van der Waals surface area (Å²) in [5.74, 6) is 0.825. The minimum atomic E-state index is -0.351. The number of carbonyl (C=O) groups is 1. The Morgan fingerprint density at radius 3 is 2.07 bits per heavy atom. The van der Waals surface area contributed by atoms with Gasteiger partial charge >= 0.3 is 0 Å². The number of methoxy groups -OCH3 is 1. The quantitative estimate of drug-likeness (QED) is 0.712. The highest BCUT2D eigenvalue weighted by Crippen LogP contribution is 2.20. The van der Waals surface area contributed by atoms with Crippen LogP contribution in [0.3, 0.4) is 0 Å². The van der Waals surface area contributed by atoms with Gasteiger partial charge in [-0.25, -0.2) is 0 Å². The number of Topliss-reactive ketones (excluding diaryl/α,β-unsaturated/α-hetero) is 1. The molecule has 0 aliphatic heterocycles. The van der Waals surface area contributed by atoms with Gasteiger partial charge in [-0.15, -0.1) is 0 Å². The van der Waals surface area contributed by atoms with Gasteiger partial charge in [0.25, 0.3) is 0 Å². The highest BCUT2D eigenvalue weighted by atomic mass is 16.5. The summed E-state index contributed by atoms with van der Waals surface area (Å²) in [7, 11) is 1.54. The third kappa shape index (κ3) is 4.36. The lowest BCUT2D eigenvalue weighted by molar-refractivity contribution is -0.129. The second-order valence-electron chi connectivity index (χ2n) is 5.11. The molecular formula is C12H23NO2. The van der Waals surface area contributed by atoms with Crippen molar-refractivity contribution in [1.82, 2.24) is 5.32 Å². The Hall–Kier alpha value is -0.990. The third-order valence-corrected chi connectivity index (χ3v) is 2.25. The van der Waals surface area contributed by atoms with Crippen molar-refractivity contribution in [2.24, 2.45) is 11.3 Å². The van der Waals surface area contributed by atoms with Crippen LogP contribution in [0.2, 0.25) is 0 Å². The number of hydrogen-bond acceptors (Lipinski definition) is 3. The summed E-state index contributed by atoms with van der Waals surface area (Å²) in [5.41, 5.74) is -0.351. The Labute approximate surface area is 92.9 Å². The van der Waals surface area contributed by atoms with Crippen LogP contribution in [0.5, 0.6) is 0 Å². The molecule has 0 aliphatic rings. The van der Waals surface area contributed by atoms with Crippen LogP contribution in [-0.4, -0.2) is 18.9 Å². The molecule has 0 spiro atoms. The van der Waals surface area contributed by atoms with E-state index in [-0.39, 0.29) is 23.2 Å². The lowest BCUT2D eigenvalue weighted by atomic mass is 9.82. The predicted octanol–water partition coefficient (Wildman–Crippen LogP) is 2.33. The molecule has 0 rings (SSSR count). The maximum atomic E-state index is 12.1. The van der Waals surface area contributed by atoms with Crippen LogP contribution < -0.4 is 5.32 Å². The molecule has 0 heterocycles. The molecule has 0 amide bonds. The molecule has 0 fully saturated rings. The molecule has 0 saturated carbocycles. The summed E-state index contributed by atoms with van der Waals surface area (Å²) in [5, 5.41) is 3.01. The fraction of sp³-hybridized carbons (Fsp3) is 0.750. The van der Waals surface area contributed by atoms with Gasteiger partial charge < -0.3 is 10.1 Å². The lowest BCUT2D eigenvalue weighted by Crippen LogP contribution is -2.45. The average molecular weight is 213 g/mol. The Balaban J connectivity index is 4.68. The zero-order chi connectivity index (χ0) is 12.2. The summed E-state index contributed by atoms with van der Waals surface area (Å²) in [6, 6.07) is -0.238. The van der Waals surface area contributed by atoms with E-state index in [4.69, 9.17) is 4.74 Å². The SMILES string of the molecule is C=C(NC(C(=O)C(C)(C)C)C(C)C)OC. The van der Waals surface area contributed by atoms with E-state index in [1.54, 1.807) is 0 Å². The topological polar surface area (TPSA) is 38.3 Å². The minimum absolute atomic E-state index is 0.177. The van der Waals surface area contributed by atoms with Crippen molar-refractivity contribution in [3.05, 3.63) is 12.5 Å². The first-order valence-electron chi connectivity index (χ1n) is 5.24. The fourth-order valence-electron chi connectivity index (χ4n) is 1.23. The maximum Gasteiger partial charge on any atom is 0.179 e. The first-order chi connectivity index (χ1) is 6.70. The molecule has 3 nitrogen and oxygen atoms in total. The zero-order valence-electron chi connectivity index (χ0n) is 10.7. The third-order valence-electron chi connectivity index (χ3n) is 2.25. The van der Waals surface area contributed by atoms with Gasteiger partial charge in [0.05, 0.1) is 13.2 Å². The molecule has 1 atom stereocenters. The van der Waals surface area contributed by atoms with Crippen molar-refractivity contribution in [2.45, 2.75) is 40.7 Å². The molecule has 0 saturated heterocycles. The lowest BCUT2D eigenvalue weighted by Gasteiger charge is -2.28. The van der Waals surface area contributed by atoms with E-state index >= 15 is 0 Å². The van der Waals surface area contributed by atoms with Gasteiger partial charge in [-0.05, 0) is 12.5 Å². The van der Waals surface area contributed by atoms with E-state index in [0.717, 1.165) is 0 Å². The molecule has 1 unspecified atom stereocenters.